The highest BCUT2D eigenvalue weighted by molar-refractivity contribution is 6.09. The van der Waals surface area contributed by atoms with Crippen LogP contribution in [-0.4, -0.2) is 34.5 Å². The quantitative estimate of drug-likeness (QED) is 0.792. The summed E-state index contributed by atoms with van der Waals surface area (Å²) in [7, 11) is 0. The summed E-state index contributed by atoms with van der Waals surface area (Å²) in [6.45, 7) is 1.66. The molecule has 1 aliphatic heterocycles. The highest BCUT2D eigenvalue weighted by atomic mass is 16.3. The molecule has 2 amide bonds. The Bertz CT molecular complexity index is 452. The molecule has 90 valence electrons. The van der Waals surface area contributed by atoms with Gasteiger partial charge in [0, 0.05) is 5.56 Å². The molecule has 0 saturated carbocycles. The van der Waals surface area contributed by atoms with Crippen LogP contribution in [0.3, 0.4) is 0 Å². The molecule has 1 aromatic carbocycles. The normalized spacial score (nSPS) is 16.9. The van der Waals surface area contributed by atoms with E-state index < -0.39 is 6.04 Å². The summed E-state index contributed by atoms with van der Waals surface area (Å²) in [5.74, 6) is -0.521. The number of aliphatic hydroxyl groups is 1. The number of carbonyl (C=O) groups is 2. The highest BCUT2D eigenvalue weighted by Crippen LogP contribution is 2.22. The van der Waals surface area contributed by atoms with E-state index in [0.29, 0.717) is 12.0 Å². The molecule has 1 atom stereocenters. The molecule has 4 heteroatoms. The Hall–Kier alpha value is -1.68. The second-order valence-corrected chi connectivity index (χ2v) is 4.15. The third-order valence-electron chi connectivity index (χ3n) is 3.12. The summed E-state index contributed by atoms with van der Waals surface area (Å²) in [5, 5.41) is 9.22. The Morgan fingerprint density at radius 1 is 1.35 bits per heavy atom. The summed E-state index contributed by atoms with van der Waals surface area (Å²) in [4.78, 5) is 25.3. The summed E-state index contributed by atoms with van der Waals surface area (Å²) in [6.07, 6.45) is 0.800. The molecule has 1 N–H and O–H groups in total. The number of imide groups is 1. The van der Waals surface area contributed by atoms with Gasteiger partial charge in [0.15, 0.2) is 0 Å². The maximum absolute atomic E-state index is 12.2. The molecule has 0 radical (unpaired) electrons. The predicted molar refractivity (Wildman–Crippen MR) is 62.5 cm³/mol. The van der Waals surface area contributed by atoms with Crippen molar-refractivity contribution < 1.29 is 14.7 Å². The van der Waals surface area contributed by atoms with Crippen LogP contribution in [0, 0.1) is 0 Å². The molecule has 0 aromatic heterocycles. The molecule has 0 fully saturated rings. The third-order valence-corrected chi connectivity index (χ3v) is 3.12. The van der Waals surface area contributed by atoms with Crippen LogP contribution in [0.25, 0.3) is 0 Å². The largest absolute Gasteiger partial charge is 0.394 e. The van der Waals surface area contributed by atoms with Gasteiger partial charge in [-0.2, -0.15) is 0 Å². The van der Waals surface area contributed by atoms with Crippen molar-refractivity contribution in [1.82, 2.24) is 4.90 Å². The van der Waals surface area contributed by atoms with E-state index in [0.717, 1.165) is 5.56 Å². The van der Waals surface area contributed by atoms with Crippen LogP contribution in [-0.2, 0) is 11.2 Å². The highest BCUT2D eigenvalue weighted by Gasteiger charge is 2.34. The average Bonchev–Trinajstić information content (AvgIpc) is 2.34. The molecule has 17 heavy (non-hydrogen) atoms. The van der Waals surface area contributed by atoms with Gasteiger partial charge in [0.25, 0.3) is 5.91 Å². The lowest BCUT2D eigenvalue weighted by molar-refractivity contribution is -0.131. The Balaban J connectivity index is 2.39. The van der Waals surface area contributed by atoms with E-state index in [9.17, 15) is 14.7 Å². The average molecular weight is 233 g/mol. The zero-order valence-corrected chi connectivity index (χ0v) is 9.72. The van der Waals surface area contributed by atoms with E-state index in [-0.39, 0.29) is 24.8 Å². The number of rotatable bonds is 3. The van der Waals surface area contributed by atoms with Crippen molar-refractivity contribution in [2.45, 2.75) is 25.8 Å². The number of carbonyl (C=O) groups excluding carboxylic acids is 2. The van der Waals surface area contributed by atoms with Gasteiger partial charge in [0.2, 0.25) is 5.91 Å². The first-order chi connectivity index (χ1) is 8.19. The lowest BCUT2D eigenvalue weighted by atomic mass is 9.97. The van der Waals surface area contributed by atoms with Gasteiger partial charge >= 0.3 is 0 Å². The number of nitrogens with zero attached hydrogens (tertiary/aromatic N) is 1. The minimum Gasteiger partial charge on any atom is -0.394 e. The van der Waals surface area contributed by atoms with Crippen molar-refractivity contribution in [1.29, 1.82) is 0 Å². The molecule has 0 bridgehead atoms. The van der Waals surface area contributed by atoms with Crippen molar-refractivity contribution in [3.8, 4) is 0 Å². The predicted octanol–water partition coefficient (Wildman–Crippen LogP) is 0.982. The van der Waals surface area contributed by atoms with Crippen LogP contribution in [0.4, 0.5) is 0 Å². The van der Waals surface area contributed by atoms with E-state index in [1.807, 2.05) is 13.0 Å². The van der Waals surface area contributed by atoms with E-state index in [1.165, 1.54) is 4.90 Å². The molecule has 0 unspecified atom stereocenters. The summed E-state index contributed by atoms with van der Waals surface area (Å²) in [5.41, 5.74) is 1.34. The van der Waals surface area contributed by atoms with Crippen LogP contribution in [0.1, 0.15) is 29.3 Å². The first-order valence-electron chi connectivity index (χ1n) is 5.74. The maximum atomic E-state index is 12.2. The van der Waals surface area contributed by atoms with Gasteiger partial charge < -0.3 is 5.11 Å². The molecule has 1 aliphatic rings. The fourth-order valence-electron chi connectivity index (χ4n) is 2.14. The van der Waals surface area contributed by atoms with Gasteiger partial charge in [-0.25, -0.2) is 0 Å². The molecule has 0 saturated heterocycles. The van der Waals surface area contributed by atoms with Crippen LogP contribution in [0.2, 0.25) is 0 Å². The first-order valence-corrected chi connectivity index (χ1v) is 5.74. The van der Waals surface area contributed by atoms with Gasteiger partial charge in [0.05, 0.1) is 19.1 Å². The number of fused-ring (bicyclic) bond motifs is 1. The number of hydrogen-bond donors (Lipinski definition) is 1. The second kappa shape index (κ2) is 4.67. The smallest absolute Gasteiger partial charge is 0.261 e. The number of aliphatic hydroxyl groups excluding tert-OH is 1. The van der Waals surface area contributed by atoms with Crippen molar-refractivity contribution in [2.24, 2.45) is 0 Å². The Labute approximate surface area is 99.9 Å². The minimum atomic E-state index is -0.414. The van der Waals surface area contributed by atoms with Crippen LogP contribution < -0.4 is 0 Å². The van der Waals surface area contributed by atoms with Gasteiger partial charge in [-0.15, -0.1) is 0 Å². The lowest BCUT2D eigenvalue weighted by Crippen LogP contribution is -2.49. The van der Waals surface area contributed by atoms with Crippen LogP contribution in [0.15, 0.2) is 24.3 Å². The van der Waals surface area contributed by atoms with Crippen molar-refractivity contribution >= 4 is 11.8 Å². The summed E-state index contributed by atoms with van der Waals surface area (Å²) < 4.78 is 0. The standard InChI is InChI=1S/C13H15NO3/c1-2-10(8-15)14-12(16)7-9-5-3-4-6-11(9)13(14)17/h3-6,10,15H,2,7-8H2,1H3/t10-/m1/s1. The van der Waals surface area contributed by atoms with Gasteiger partial charge in [0.1, 0.15) is 0 Å². The number of amides is 2. The molecular weight excluding hydrogens is 218 g/mol. The Morgan fingerprint density at radius 2 is 2.06 bits per heavy atom. The summed E-state index contributed by atoms with van der Waals surface area (Å²) in [6, 6.07) is 6.70. The fourth-order valence-corrected chi connectivity index (χ4v) is 2.14. The minimum absolute atomic E-state index is 0.184. The molecule has 1 aromatic rings. The molecule has 0 aliphatic carbocycles. The third kappa shape index (κ3) is 1.96. The zero-order valence-electron chi connectivity index (χ0n) is 9.72. The Kier molecular flexibility index (Phi) is 3.24. The SMILES string of the molecule is CC[C@H](CO)N1C(=O)Cc2ccccc2C1=O. The second-order valence-electron chi connectivity index (χ2n) is 4.15. The van der Waals surface area contributed by atoms with E-state index in [2.05, 4.69) is 0 Å². The van der Waals surface area contributed by atoms with E-state index in [1.54, 1.807) is 18.2 Å². The first kappa shape index (κ1) is 11.8. The molecule has 2 rings (SSSR count). The van der Waals surface area contributed by atoms with Crippen LogP contribution >= 0.6 is 0 Å². The van der Waals surface area contributed by atoms with Crippen LogP contribution in [0.5, 0.6) is 0 Å². The lowest BCUT2D eigenvalue weighted by Gasteiger charge is -2.32. The van der Waals surface area contributed by atoms with Crippen molar-refractivity contribution in [3.05, 3.63) is 35.4 Å². The van der Waals surface area contributed by atoms with Crippen molar-refractivity contribution in [2.75, 3.05) is 6.61 Å². The molecule has 0 spiro atoms. The van der Waals surface area contributed by atoms with Gasteiger partial charge in [-0.1, -0.05) is 25.1 Å². The van der Waals surface area contributed by atoms with Gasteiger partial charge in [-0.3, -0.25) is 14.5 Å². The van der Waals surface area contributed by atoms with E-state index >= 15 is 0 Å². The number of hydrogen-bond acceptors (Lipinski definition) is 3. The fraction of sp³-hybridized carbons (Fsp3) is 0.385. The molecular formula is C13H15NO3. The van der Waals surface area contributed by atoms with Gasteiger partial charge in [-0.05, 0) is 18.1 Å². The summed E-state index contributed by atoms with van der Waals surface area (Å²) >= 11 is 0. The van der Waals surface area contributed by atoms with Crippen molar-refractivity contribution in [3.63, 3.8) is 0 Å². The number of benzene rings is 1. The van der Waals surface area contributed by atoms with E-state index in [4.69, 9.17) is 0 Å². The Morgan fingerprint density at radius 3 is 2.71 bits per heavy atom. The molecule has 1 heterocycles. The molecule has 4 nitrogen and oxygen atoms in total. The maximum Gasteiger partial charge on any atom is 0.261 e. The topological polar surface area (TPSA) is 57.6 Å². The zero-order chi connectivity index (χ0) is 12.4. The monoisotopic (exact) mass is 233 g/mol.